The van der Waals surface area contributed by atoms with Crippen LogP contribution in [0.3, 0.4) is 0 Å². The zero-order chi connectivity index (χ0) is 19.6. The van der Waals surface area contributed by atoms with E-state index in [-0.39, 0.29) is 22.2 Å². The van der Waals surface area contributed by atoms with Gasteiger partial charge in [-0.25, -0.2) is 4.98 Å². The molecule has 2 N–H and O–H groups in total. The number of nitrogens with zero attached hydrogens (tertiary/aromatic N) is 2. The molecule has 0 bridgehead atoms. The molecule has 0 radical (unpaired) electrons. The Balaban J connectivity index is 1.73. The molecule has 0 spiro atoms. The summed E-state index contributed by atoms with van der Waals surface area (Å²) in [4.78, 5) is 16.1. The fourth-order valence-electron chi connectivity index (χ4n) is 2.16. The van der Waals surface area contributed by atoms with Gasteiger partial charge in [-0.1, -0.05) is 16.8 Å². The van der Waals surface area contributed by atoms with Gasteiger partial charge in [0.05, 0.1) is 28.2 Å². The third-order valence-electron chi connectivity index (χ3n) is 3.44. The number of hydrogen-bond donors (Lipinski definition) is 2. The fourth-order valence-corrected chi connectivity index (χ4v) is 2.33. The molecule has 3 aromatic rings. The number of carbonyl (C=O) groups excluding carboxylic acids is 1. The van der Waals surface area contributed by atoms with Crippen LogP contribution in [0.2, 0.25) is 5.02 Å². The van der Waals surface area contributed by atoms with E-state index in [9.17, 15) is 18.0 Å². The molecule has 6 nitrogen and oxygen atoms in total. The molecule has 27 heavy (non-hydrogen) atoms. The number of alkyl halides is 3. The number of halogens is 4. The average molecular weight is 397 g/mol. The van der Waals surface area contributed by atoms with E-state index in [1.807, 2.05) is 0 Å². The van der Waals surface area contributed by atoms with Gasteiger partial charge in [-0.15, -0.1) is 0 Å². The lowest BCUT2D eigenvalue weighted by Crippen LogP contribution is -2.13. The Morgan fingerprint density at radius 2 is 1.96 bits per heavy atom. The molecular weight excluding hydrogens is 385 g/mol. The minimum absolute atomic E-state index is 0.0727. The van der Waals surface area contributed by atoms with E-state index in [1.54, 1.807) is 13.0 Å². The van der Waals surface area contributed by atoms with Crippen molar-refractivity contribution in [1.29, 1.82) is 0 Å². The molecule has 0 atom stereocenters. The zero-order valence-corrected chi connectivity index (χ0v) is 14.5. The summed E-state index contributed by atoms with van der Waals surface area (Å²) in [6.45, 7) is 1.68. The predicted octanol–water partition coefficient (Wildman–Crippen LogP) is 5.05. The van der Waals surface area contributed by atoms with Crippen molar-refractivity contribution < 1.29 is 22.5 Å². The van der Waals surface area contributed by atoms with Crippen molar-refractivity contribution in [2.75, 3.05) is 10.6 Å². The minimum Gasteiger partial charge on any atom is -0.360 e. The number of aromatic nitrogens is 2. The molecule has 1 aromatic carbocycles. The van der Waals surface area contributed by atoms with Crippen LogP contribution in [0, 0.1) is 6.92 Å². The molecule has 10 heteroatoms. The highest BCUT2D eigenvalue weighted by atomic mass is 35.5. The molecule has 0 aliphatic carbocycles. The summed E-state index contributed by atoms with van der Waals surface area (Å²) < 4.78 is 43.3. The number of amides is 1. The van der Waals surface area contributed by atoms with E-state index in [0.29, 0.717) is 11.4 Å². The maximum absolute atomic E-state index is 12.8. The van der Waals surface area contributed by atoms with E-state index in [4.69, 9.17) is 16.1 Å². The second-order valence-electron chi connectivity index (χ2n) is 5.53. The first-order valence-electron chi connectivity index (χ1n) is 7.57. The van der Waals surface area contributed by atoms with Crippen LogP contribution in [-0.4, -0.2) is 16.0 Å². The van der Waals surface area contributed by atoms with Crippen LogP contribution >= 0.6 is 11.6 Å². The lowest BCUT2D eigenvalue weighted by Gasteiger charge is -2.12. The third kappa shape index (κ3) is 4.56. The Morgan fingerprint density at radius 1 is 1.19 bits per heavy atom. The third-order valence-corrected chi connectivity index (χ3v) is 3.77. The largest absolute Gasteiger partial charge is 0.416 e. The van der Waals surface area contributed by atoms with Crippen LogP contribution in [0.1, 0.15) is 21.8 Å². The second kappa shape index (κ2) is 7.28. The molecule has 2 heterocycles. The number of rotatable bonds is 4. The van der Waals surface area contributed by atoms with Gasteiger partial charge in [-0.2, -0.15) is 13.2 Å². The van der Waals surface area contributed by atoms with Crippen molar-refractivity contribution in [3.05, 3.63) is 64.6 Å². The van der Waals surface area contributed by atoms with Crippen LogP contribution in [0.25, 0.3) is 0 Å². The Bertz CT molecular complexity index is 971. The van der Waals surface area contributed by atoms with Gasteiger partial charge in [0.1, 0.15) is 11.5 Å². The van der Waals surface area contributed by atoms with Crippen molar-refractivity contribution in [3.63, 3.8) is 0 Å². The number of nitrogens with one attached hydrogen (secondary N) is 2. The topological polar surface area (TPSA) is 80.0 Å². The maximum Gasteiger partial charge on any atom is 0.416 e. The van der Waals surface area contributed by atoms with E-state index in [1.165, 1.54) is 18.3 Å². The smallest absolute Gasteiger partial charge is 0.360 e. The first kappa shape index (κ1) is 18.7. The van der Waals surface area contributed by atoms with Gasteiger partial charge in [0.15, 0.2) is 5.82 Å². The molecule has 1 amide bonds. The van der Waals surface area contributed by atoms with Gasteiger partial charge < -0.3 is 15.2 Å². The molecule has 2 aromatic heterocycles. The van der Waals surface area contributed by atoms with Crippen LogP contribution in [-0.2, 0) is 6.18 Å². The van der Waals surface area contributed by atoms with Crippen LogP contribution < -0.4 is 10.6 Å². The summed E-state index contributed by atoms with van der Waals surface area (Å²) in [7, 11) is 0. The summed E-state index contributed by atoms with van der Waals surface area (Å²) in [5.41, 5.74) is -0.300. The second-order valence-corrected chi connectivity index (χ2v) is 5.93. The highest BCUT2D eigenvalue weighted by Crippen LogP contribution is 2.34. The number of carbonyl (C=O) groups is 1. The van der Waals surface area contributed by atoms with E-state index in [2.05, 4.69) is 20.8 Å². The van der Waals surface area contributed by atoms with Crippen molar-refractivity contribution in [2.45, 2.75) is 13.1 Å². The van der Waals surface area contributed by atoms with Crippen LogP contribution in [0.4, 0.5) is 30.4 Å². The highest BCUT2D eigenvalue weighted by Gasteiger charge is 2.31. The van der Waals surface area contributed by atoms with Crippen molar-refractivity contribution in [1.82, 2.24) is 10.1 Å². The van der Waals surface area contributed by atoms with E-state index in [0.717, 1.165) is 18.2 Å². The minimum atomic E-state index is -4.49. The highest BCUT2D eigenvalue weighted by molar-refractivity contribution is 6.33. The number of anilines is 3. The summed E-state index contributed by atoms with van der Waals surface area (Å²) in [6, 6.07) is 7.39. The normalized spacial score (nSPS) is 11.3. The van der Waals surface area contributed by atoms with Gasteiger partial charge in [0.2, 0.25) is 0 Å². The van der Waals surface area contributed by atoms with Crippen molar-refractivity contribution >= 4 is 34.7 Å². The van der Waals surface area contributed by atoms with Gasteiger partial charge >= 0.3 is 6.18 Å². The monoisotopic (exact) mass is 396 g/mol. The quantitative estimate of drug-likeness (QED) is 0.645. The van der Waals surface area contributed by atoms with Gasteiger partial charge in [-0.05, 0) is 37.3 Å². The number of benzene rings is 1. The number of aryl methyl sites for hydroxylation is 1. The SMILES string of the molecule is Cc1cc(NC(=O)c2ccc(Nc3cc(C(F)(F)F)ccc3Cl)cn2)no1. The summed E-state index contributed by atoms with van der Waals surface area (Å²) in [5.74, 6) is 0.278. The Kier molecular flexibility index (Phi) is 5.04. The first-order chi connectivity index (χ1) is 12.7. The Hall–Kier alpha value is -3.07. The van der Waals surface area contributed by atoms with Crippen molar-refractivity contribution in [2.24, 2.45) is 0 Å². The molecule has 140 valence electrons. The molecule has 0 fully saturated rings. The van der Waals surface area contributed by atoms with E-state index >= 15 is 0 Å². The molecule has 0 aliphatic heterocycles. The molecule has 0 aliphatic rings. The van der Waals surface area contributed by atoms with Crippen LogP contribution in [0.5, 0.6) is 0 Å². The standard InChI is InChI=1S/C17H12ClF3N4O2/c1-9-6-15(25-27-9)24-16(26)13-5-3-11(8-22-13)23-14-7-10(17(19,20)21)2-4-12(14)18/h2-8,23H,1H3,(H,24,25,26). The lowest BCUT2D eigenvalue weighted by molar-refractivity contribution is -0.137. The predicted molar refractivity (Wildman–Crippen MR) is 93.2 cm³/mol. The summed E-state index contributed by atoms with van der Waals surface area (Å²) >= 11 is 5.94. The molecule has 0 saturated carbocycles. The van der Waals surface area contributed by atoms with E-state index < -0.39 is 17.6 Å². The Labute approximate surface area is 156 Å². The Morgan fingerprint density at radius 3 is 2.56 bits per heavy atom. The van der Waals surface area contributed by atoms with Gasteiger partial charge in [-0.3, -0.25) is 4.79 Å². The summed E-state index contributed by atoms with van der Waals surface area (Å²) in [6.07, 6.45) is -3.18. The average Bonchev–Trinajstić information content (AvgIpc) is 3.01. The van der Waals surface area contributed by atoms with Gasteiger partial charge in [0.25, 0.3) is 5.91 Å². The number of pyridine rings is 1. The van der Waals surface area contributed by atoms with Gasteiger partial charge in [0, 0.05) is 6.07 Å². The van der Waals surface area contributed by atoms with Crippen LogP contribution in [0.15, 0.2) is 47.1 Å². The fraction of sp³-hybridized carbons (Fsp3) is 0.118. The lowest BCUT2D eigenvalue weighted by atomic mass is 10.2. The maximum atomic E-state index is 12.8. The molecule has 3 rings (SSSR count). The molecule has 0 unspecified atom stereocenters. The summed E-state index contributed by atoms with van der Waals surface area (Å²) in [5, 5.41) is 9.01. The number of hydrogen-bond acceptors (Lipinski definition) is 5. The zero-order valence-electron chi connectivity index (χ0n) is 13.8. The molecule has 0 saturated heterocycles. The van der Waals surface area contributed by atoms with Crippen molar-refractivity contribution in [3.8, 4) is 0 Å². The first-order valence-corrected chi connectivity index (χ1v) is 7.94. The molecular formula is C17H12ClF3N4O2.